The minimum atomic E-state index is 0.0755. The molecule has 1 N–H and O–H groups in total. The first-order valence-electron chi connectivity index (χ1n) is 6.73. The highest BCUT2D eigenvalue weighted by atomic mass is 16.5. The number of rotatable bonds is 4. The van der Waals surface area contributed by atoms with Gasteiger partial charge in [-0.2, -0.15) is 0 Å². The van der Waals surface area contributed by atoms with E-state index in [4.69, 9.17) is 4.74 Å². The highest BCUT2D eigenvalue weighted by molar-refractivity contribution is 4.92. The van der Waals surface area contributed by atoms with Crippen molar-refractivity contribution in [2.24, 2.45) is 0 Å². The number of nitrogens with zero attached hydrogens (tertiary/aromatic N) is 1. The summed E-state index contributed by atoms with van der Waals surface area (Å²) in [6.07, 6.45) is 3.65. The van der Waals surface area contributed by atoms with Crippen molar-refractivity contribution in [3.05, 3.63) is 0 Å². The van der Waals surface area contributed by atoms with Gasteiger partial charge in [-0.1, -0.05) is 6.92 Å². The van der Waals surface area contributed by atoms with E-state index in [1.54, 1.807) is 0 Å². The number of hydrogen-bond acceptors (Lipinski definition) is 3. The zero-order valence-corrected chi connectivity index (χ0v) is 11.0. The van der Waals surface area contributed by atoms with Crippen LogP contribution in [0.15, 0.2) is 0 Å². The summed E-state index contributed by atoms with van der Waals surface area (Å²) < 4.78 is 5.81. The molecule has 16 heavy (non-hydrogen) atoms. The molecule has 1 atom stereocenters. The summed E-state index contributed by atoms with van der Waals surface area (Å²) in [6, 6.07) is 1.51. The third-order valence-corrected chi connectivity index (χ3v) is 3.85. The molecule has 0 aromatic heterocycles. The summed E-state index contributed by atoms with van der Waals surface area (Å²) in [4.78, 5) is 2.72. The standard InChI is InChI=1S/C13H26N2O/c1-4-6-15(12-9-14-10-12)11-5-7-16-13(2,3)8-11/h11-12,14H,4-10H2,1-3H3. The molecule has 2 saturated heterocycles. The van der Waals surface area contributed by atoms with Gasteiger partial charge >= 0.3 is 0 Å². The molecule has 0 saturated carbocycles. The van der Waals surface area contributed by atoms with Crippen LogP contribution in [0.25, 0.3) is 0 Å². The number of nitrogens with one attached hydrogen (secondary N) is 1. The van der Waals surface area contributed by atoms with Crippen LogP contribution < -0.4 is 5.32 Å². The SMILES string of the molecule is CCCN(C1CNC1)C1CCOC(C)(C)C1. The van der Waals surface area contributed by atoms with Crippen molar-refractivity contribution < 1.29 is 4.74 Å². The van der Waals surface area contributed by atoms with Crippen molar-refractivity contribution in [2.45, 2.75) is 57.7 Å². The van der Waals surface area contributed by atoms with Gasteiger partial charge in [0.15, 0.2) is 0 Å². The maximum absolute atomic E-state index is 5.81. The molecule has 1 unspecified atom stereocenters. The second-order valence-corrected chi connectivity index (χ2v) is 5.80. The molecule has 94 valence electrons. The van der Waals surface area contributed by atoms with Crippen LogP contribution in [0.3, 0.4) is 0 Å². The summed E-state index contributed by atoms with van der Waals surface area (Å²) in [6.45, 7) is 11.3. The Morgan fingerprint density at radius 2 is 2.06 bits per heavy atom. The minimum absolute atomic E-state index is 0.0755. The fraction of sp³-hybridized carbons (Fsp3) is 1.00. The Hall–Kier alpha value is -0.120. The van der Waals surface area contributed by atoms with E-state index in [2.05, 4.69) is 31.0 Å². The van der Waals surface area contributed by atoms with E-state index in [0.29, 0.717) is 0 Å². The van der Waals surface area contributed by atoms with Gasteiger partial charge in [-0.15, -0.1) is 0 Å². The molecule has 2 aliphatic heterocycles. The zero-order chi connectivity index (χ0) is 11.6. The normalized spacial score (nSPS) is 30.4. The van der Waals surface area contributed by atoms with Crippen LogP contribution in [0, 0.1) is 0 Å². The lowest BCUT2D eigenvalue weighted by molar-refractivity contribution is -0.0922. The van der Waals surface area contributed by atoms with Gasteiger partial charge < -0.3 is 10.1 Å². The van der Waals surface area contributed by atoms with E-state index in [9.17, 15) is 0 Å². The van der Waals surface area contributed by atoms with E-state index in [1.165, 1.54) is 38.9 Å². The summed E-state index contributed by atoms with van der Waals surface area (Å²) in [5.74, 6) is 0. The van der Waals surface area contributed by atoms with Gasteiger partial charge in [0.05, 0.1) is 5.60 Å². The van der Waals surface area contributed by atoms with E-state index >= 15 is 0 Å². The van der Waals surface area contributed by atoms with Gasteiger partial charge in [-0.3, -0.25) is 4.90 Å². The highest BCUT2D eigenvalue weighted by Gasteiger charge is 2.36. The van der Waals surface area contributed by atoms with E-state index in [1.807, 2.05) is 0 Å². The number of ether oxygens (including phenoxy) is 1. The van der Waals surface area contributed by atoms with Gasteiger partial charge in [0.25, 0.3) is 0 Å². The second kappa shape index (κ2) is 5.03. The Morgan fingerprint density at radius 3 is 2.56 bits per heavy atom. The molecule has 0 amide bonds. The Balaban J connectivity index is 1.95. The quantitative estimate of drug-likeness (QED) is 0.788. The maximum atomic E-state index is 5.81. The van der Waals surface area contributed by atoms with Crippen molar-refractivity contribution in [1.82, 2.24) is 10.2 Å². The van der Waals surface area contributed by atoms with Crippen molar-refractivity contribution in [1.29, 1.82) is 0 Å². The van der Waals surface area contributed by atoms with Crippen LogP contribution in [0.5, 0.6) is 0 Å². The minimum Gasteiger partial charge on any atom is -0.375 e. The number of hydrogen-bond donors (Lipinski definition) is 1. The van der Waals surface area contributed by atoms with Gasteiger partial charge in [0, 0.05) is 31.8 Å². The smallest absolute Gasteiger partial charge is 0.0641 e. The average Bonchev–Trinajstić information content (AvgIpc) is 2.12. The molecule has 0 spiro atoms. The van der Waals surface area contributed by atoms with Crippen LogP contribution in [0.2, 0.25) is 0 Å². The van der Waals surface area contributed by atoms with Gasteiger partial charge in [-0.25, -0.2) is 0 Å². The molecule has 0 radical (unpaired) electrons. The van der Waals surface area contributed by atoms with Gasteiger partial charge in [-0.05, 0) is 39.7 Å². The zero-order valence-electron chi connectivity index (χ0n) is 11.0. The largest absolute Gasteiger partial charge is 0.375 e. The monoisotopic (exact) mass is 226 g/mol. The molecule has 0 aromatic carbocycles. The summed E-state index contributed by atoms with van der Waals surface area (Å²) in [7, 11) is 0. The van der Waals surface area contributed by atoms with E-state index < -0.39 is 0 Å². The van der Waals surface area contributed by atoms with Crippen molar-refractivity contribution >= 4 is 0 Å². The fourth-order valence-corrected chi connectivity index (χ4v) is 2.91. The van der Waals surface area contributed by atoms with E-state index in [0.717, 1.165) is 18.7 Å². The topological polar surface area (TPSA) is 24.5 Å². The first-order chi connectivity index (χ1) is 7.62. The Morgan fingerprint density at radius 1 is 1.31 bits per heavy atom. The predicted molar refractivity (Wildman–Crippen MR) is 66.7 cm³/mol. The first-order valence-corrected chi connectivity index (χ1v) is 6.73. The summed E-state index contributed by atoms with van der Waals surface area (Å²) in [5.41, 5.74) is 0.0755. The lowest BCUT2D eigenvalue weighted by Crippen LogP contribution is -2.61. The Bertz CT molecular complexity index is 226. The van der Waals surface area contributed by atoms with Crippen molar-refractivity contribution in [3.8, 4) is 0 Å². The molecule has 2 fully saturated rings. The summed E-state index contributed by atoms with van der Waals surface area (Å²) in [5, 5.41) is 3.39. The van der Waals surface area contributed by atoms with Crippen LogP contribution >= 0.6 is 0 Å². The molecule has 2 aliphatic rings. The predicted octanol–water partition coefficient (Wildman–Crippen LogP) is 1.63. The average molecular weight is 226 g/mol. The second-order valence-electron chi connectivity index (χ2n) is 5.80. The molecular weight excluding hydrogens is 200 g/mol. The molecule has 0 aromatic rings. The van der Waals surface area contributed by atoms with Gasteiger partial charge in [0.2, 0.25) is 0 Å². The Labute approximate surface area is 99.5 Å². The maximum Gasteiger partial charge on any atom is 0.0641 e. The van der Waals surface area contributed by atoms with E-state index in [-0.39, 0.29) is 5.60 Å². The summed E-state index contributed by atoms with van der Waals surface area (Å²) >= 11 is 0. The van der Waals surface area contributed by atoms with Crippen LogP contribution in [0.4, 0.5) is 0 Å². The van der Waals surface area contributed by atoms with Gasteiger partial charge in [0.1, 0.15) is 0 Å². The molecule has 0 aliphatic carbocycles. The Kier molecular flexibility index (Phi) is 3.88. The van der Waals surface area contributed by atoms with Crippen LogP contribution in [0.1, 0.15) is 40.0 Å². The lowest BCUT2D eigenvalue weighted by Gasteiger charge is -2.47. The molecule has 2 rings (SSSR count). The lowest BCUT2D eigenvalue weighted by atomic mass is 9.91. The van der Waals surface area contributed by atoms with Crippen LogP contribution in [-0.4, -0.2) is 48.8 Å². The van der Waals surface area contributed by atoms with Crippen molar-refractivity contribution in [2.75, 3.05) is 26.2 Å². The first kappa shape index (κ1) is 12.3. The van der Waals surface area contributed by atoms with Crippen LogP contribution in [-0.2, 0) is 4.74 Å². The highest BCUT2D eigenvalue weighted by Crippen LogP contribution is 2.29. The fourth-order valence-electron chi connectivity index (χ4n) is 2.91. The van der Waals surface area contributed by atoms with Crippen molar-refractivity contribution in [3.63, 3.8) is 0 Å². The third-order valence-electron chi connectivity index (χ3n) is 3.85. The molecule has 2 heterocycles. The molecular formula is C13H26N2O. The molecule has 3 heteroatoms. The molecule has 0 bridgehead atoms. The molecule has 3 nitrogen and oxygen atoms in total. The third kappa shape index (κ3) is 2.76.